The number of rotatable bonds is 3. The van der Waals surface area contributed by atoms with Gasteiger partial charge in [-0.15, -0.1) is 0 Å². The normalized spacial score (nSPS) is 19.2. The second kappa shape index (κ2) is 6.50. The van der Waals surface area contributed by atoms with E-state index in [1.165, 1.54) is 5.56 Å². The summed E-state index contributed by atoms with van der Waals surface area (Å²) in [5.41, 5.74) is 1.74. The van der Waals surface area contributed by atoms with Gasteiger partial charge in [-0.05, 0) is 54.5 Å². The second-order valence-corrected chi connectivity index (χ2v) is 8.18. The first-order valence-corrected chi connectivity index (χ1v) is 8.49. The number of halogens is 1. The first kappa shape index (κ1) is 16.5. The predicted molar refractivity (Wildman–Crippen MR) is 90.8 cm³/mol. The van der Waals surface area contributed by atoms with E-state index in [4.69, 9.17) is 0 Å². The molecule has 3 heteroatoms. The summed E-state index contributed by atoms with van der Waals surface area (Å²) in [5.74, 6) is 0. The summed E-state index contributed by atoms with van der Waals surface area (Å²) < 4.78 is 1.13. The van der Waals surface area contributed by atoms with Gasteiger partial charge in [0.05, 0.1) is 6.07 Å². The SMILES string of the molecule is CC(C)(C)C1(CC#N)CCN(Cc2ccc(Br)cc2)CC1. The Morgan fingerprint density at radius 2 is 1.76 bits per heavy atom. The van der Waals surface area contributed by atoms with Crippen molar-refractivity contribution in [3.8, 4) is 6.07 Å². The number of likely N-dealkylation sites (tertiary alicyclic amines) is 1. The highest BCUT2D eigenvalue weighted by Gasteiger charge is 2.43. The molecule has 0 radical (unpaired) electrons. The molecule has 0 N–H and O–H groups in total. The molecule has 21 heavy (non-hydrogen) atoms. The van der Waals surface area contributed by atoms with Crippen LogP contribution >= 0.6 is 15.9 Å². The summed E-state index contributed by atoms with van der Waals surface area (Å²) in [6.45, 7) is 10.1. The van der Waals surface area contributed by atoms with E-state index < -0.39 is 0 Å². The fourth-order valence-corrected chi connectivity index (χ4v) is 3.59. The van der Waals surface area contributed by atoms with E-state index in [1.54, 1.807) is 0 Å². The third-order valence-electron chi connectivity index (χ3n) is 5.14. The van der Waals surface area contributed by atoms with Crippen LogP contribution in [0.2, 0.25) is 0 Å². The smallest absolute Gasteiger partial charge is 0.0627 e. The van der Waals surface area contributed by atoms with E-state index >= 15 is 0 Å². The van der Waals surface area contributed by atoms with Crippen LogP contribution in [0, 0.1) is 22.2 Å². The molecule has 114 valence electrons. The van der Waals surface area contributed by atoms with Gasteiger partial charge >= 0.3 is 0 Å². The molecule has 1 saturated heterocycles. The highest BCUT2D eigenvalue weighted by atomic mass is 79.9. The maximum Gasteiger partial charge on any atom is 0.0627 e. The third-order valence-corrected chi connectivity index (χ3v) is 5.67. The van der Waals surface area contributed by atoms with Crippen molar-refractivity contribution in [3.05, 3.63) is 34.3 Å². The Bertz CT molecular complexity index is 500. The maximum atomic E-state index is 9.21. The minimum atomic E-state index is 0.179. The van der Waals surface area contributed by atoms with Crippen LogP contribution in [0.1, 0.15) is 45.6 Å². The van der Waals surface area contributed by atoms with Crippen LogP contribution in [0.5, 0.6) is 0 Å². The molecule has 0 aliphatic carbocycles. The van der Waals surface area contributed by atoms with Gasteiger partial charge < -0.3 is 0 Å². The Morgan fingerprint density at radius 1 is 1.19 bits per heavy atom. The van der Waals surface area contributed by atoms with Crippen molar-refractivity contribution in [1.29, 1.82) is 5.26 Å². The van der Waals surface area contributed by atoms with Gasteiger partial charge in [0.2, 0.25) is 0 Å². The van der Waals surface area contributed by atoms with Gasteiger partial charge in [0, 0.05) is 17.4 Å². The van der Waals surface area contributed by atoms with Crippen LogP contribution in [0.3, 0.4) is 0 Å². The van der Waals surface area contributed by atoms with E-state index in [-0.39, 0.29) is 10.8 Å². The van der Waals surface area contributed by atoms with Crippen LogP contribution in [-0.2, 0) is 6.54 Å². The molecule has 2 nitrogen and oxygen atoms in total. The number of nitrogens with zero attached hydrogens (tertiary/aromatic N) is 2. The molecule has 0 aromatic heterocycles. The zero-order chi connectivity index (χ0) is 15.5. The van der Waals surface area contributed by atoms with Gasteiger partial charge in [0.1, 0.15) is 0 Å². The van der Waals surface area contributed by atoms with Crippen molar-refractivity contribution in [1.82, 2.24) is 4.90 Å². The molecule has 0 bridgehead atoms. The molecule has 0 spiro atoms. The molecule has 1 aromatic carbocycles. The second-order valence-electron chi connectivity index (χ2n) is 7.27. The zero-order valence-corrected chi connectivity index (χ0v) is 14.9. The van der Waals surface area contributed by atoms with Crippen molar-refractivity contribution in [2.24, 2.45) is 10.8 Å². The lowest BCUT2D eigenvalue weighted by Crippen LogP contribution is -2.46. The van der Waals surface area contributed by atoms with E-state index in [2.05, 4.69) is 71.9 Å². The minimum absolute atomic E-state index is 0.179. The number of hydrogen-bond acceptors (Lipinski definition) is 2. The van der Waals surface area contributed by atoms with Crippen LogP contribution in [0.25, 0.3) is 0 Å². The average molecular weight is 349 g/mol. The summed E-state index contributed by atoms with van der Waals surface area (Å²) >= 11 is 3.48. The molecule has 1 aliphatic rings. The standard InChI is InChI=1S/C18H25BrN2/c1-17(2,3)18(8-11-20)9-12-21(13-10-18)14-15-4-6-16(19)7-5-15/h4-7H,8-10,12-14H2,1-3H3. The van der Waals surface area contributed by atoms with Gasteiger partial charge in [-0.2, -0.15) is 5.26 Å². The minimum Gasteiger partial charge on any atom is -0.299 e. The van der Waals surface area contributed by atoms with Crippen LogP contribution in [0.4, 0.5) is 0 Å². The van der Waals surface area contributed by atoms with Crippen molar-refractivity contribution >= 4 is 15.9 Å². The summed E-state index contributed by atoms with van der Waals surface area (Å²) in [5, 5.41) is 9.21. The van der Waals surface area contributed by atoms with Crippen LogP contribution < -0.4 is 0 Å². The Kier molecular flexibility index (Phi) is 5.11. The van der Waals surface area contributed by atoms with Crippen LogP contribution in [0.15, 0.2) is 28.7 Å². The fourth-order valence-electron chi connectivity index (χ4n) is 3.33. The molecule has 2 rings (SSSR count). The lowest BCUT2D eigenvalue weighted by atomic mass is 9.60. The number of piperidine rings is 1. The lowest BCUT2D eigenvalue weighted by Gasteiger charge is -2.49. The Hall–Kier alpha value is -0.850. The zero-order valence-electron chi connectivity index (χ0n) is 13.3. The predicted octanol–water partition coefficient (Wildman–Crippen LogP) is 4.99. The molecule has 0 saturated carbocycles. The quantitative estimate of drug-likeness (QED) is 0.769. The average Bonchev–Trinajstić information content (AvgIpc) is 2.43. The molecule has 1 aromatic rings. The number of benzene rings is 1. The largest absolute Gasteiger partial charge is 0.299 e. The summed E-state index contributed by atoms with van der Waals surface area (Å²) in [4.78, 5) is 2.52. The Morgan fingerprint density at radius 3 is 2.24 bits per heavy atom. The first-order chi connectivity index (χ1) is 9.86. The van der Waals surface area contributed by atoms with Gasteiger partial charge in [0.15, 0.2) is 0 Å². The molecular weight excluding hydrogens is 324 g/mol. The van der Waals surface area contributed by atoms with E-state index in [0.717, 1.165) is 36.9 Å². The Balaban J connectivity index is 1.99. The molecule has 0 amide bonds. The van der Waals surface area contributed by atoms with E-state index in [9.17, 15) is 5.26 Å². The monoisotopic (exact) mass is 348 g/mol. The molecular formula is C18H25BrN2. The molecule has 1 fully saturated rings. The van der Waals surface area contributed by atoms with E-state index in [1.807, 2.05) is 0 Å². The van der Waals surface area contributed by atoms with Gasteiger partial charge in [-0.3, -0.25) is 4.90 Å². The maximum absolute atomic E-state index is 9.21. The van der Waals surface area contributed by atoms with Crippen molar-refractivity contribution in [3.63, 3.8) is 0 Å². The number of hydrogen-bond donors (Lipinski definition) is 0. The van der Waals surface area contributed by atoms with E-state index in [0.29, 0.717) is 6.42 Å². The molecule has 0 atom stereocenters. The van der Waals surface area contributed by atoms with Crippen molar-refractivity contribution in [2.75, 3.05) is 13.1 Å². The fraction of sp³-hybridized carbons (Fsp3) is 0.611. The summed E-state index contributed by atoms with van der Waals surface area (Å²) in [6.07, 6.45) is 2.93. The third kappa shape index (κ3) is 3.87. The summed E-state index contributed by atoms with van der Waals surface area (Å²) in [7, 11) is 0. The topological polar surface area (TPSA) is 27.0 Å². The van der Waals surface area contributed by atoms with Crippen molar-refractivity contribution in [2.45, 2.75) is 46.6 Å². The lowest BCUT2D eigenvalue weighted by molar-refractivity contribution is 0.00711. The van der Waals surface area contributed by atoms with Gasteiger partial charge in [0.25, 0.3) is 0 Å². The molecule has 1 aliphatic heterocycles. The van der Waals surface area contributed by atoms with Crippen LogP contribution in [-0.4, -0.2) is 18.0 Å². The number of nitriles is 1. The van der Waals surface area contributed by atoms with Gasteiger partial charge in [-0.25, -0.2) is 0 Å². The van der Waals surface area contributed by atoms with Crippen molar-refractivity contribution < 1.29 is 0 Å². The Labute approximate surface area is 137 Å². The highest BCUT2D eigenvalue weighted by Crippen LogP contribution is 2.49. The van der Waals surface area contributed by atoms with Gasteiger partial charge in [-0.1, -0.05) is 48.8 Å². The highest BCUT2D eigenvalue weighted by molar-refractivity contribution is 9.10. The summed E-state index contributed by atoms with van der Waals surface area (Å²) in [6, 6.07) is 11.0. The molecule has 0 unspecified atom stereocenters. The molecule has 1 heterocycles. The first-order valence-electron chi connectivity index (χ1n) is 7.70.